The standard InChI is InChI=1S/C60H39NO/c1-4-13-55-43(8-1)16-18-48-36-46(26-34-57(48)55)41-22-30-53(31-23-41)61(54-32-24-42(25-33-54)47-27-35-58-49(37-47)19-17-44-9-2-5-14-56(44)58)52-28-20-40(21-29-52)45-11-7-12-50(38-45)60-39-51-10-3-6-15-59(51)62-60/h1-39H. The predicted molar refractivity (Wildman–Crippen MR) is 263 cm³/mol. The summed E-state index contributed by atoms with van der Waals surface area (Å²) < 4.78 is 6.23. The molecule has 0 aliphatic rings. The number of para-hydroxylation sites is 1. The third-order valence-electron chi connectivity index (χ3n) is 12.4. The molecule has 0 N–H and O–H groups in total. The predicted octanol–water partition coefficient (Wildman–Crippen LogP) is 17.2. The van der Waals surface area contributed by atoms with Crippen LogP contribution in [0.5, 0.6) is 0 Å². The number of nitrogens with zero attached hydrogens (tertiary/aromatic N) is 1. The SMILES string of the molecule is c1cc(-c2ccc(N(c3ccc(-c4ccc5c(ccc6ccccc65)c4)cc3)c3ccc(-c4ccc5c(ccc6ccccc65)c4)cc3)cc2)cc(-c2cc3ccccc3o2)c1. The summed E-state index contributed by atoms with van der Waals surface area (Å²) in [7, 11) is 0. The Morgan fingerprint density at radius 3 is 1.16 bits per heavy atom. The van der Waals surface area contributed by atoms with Crippen molar-refractivity contribution in [2.45, 2.75) is 0 Å². The Kier molecular flexibility index (Phi) is 8.53. The molecule has 0 radical (unpaired) electrons. The molecule has 1 heterocycles. The lowest BCUT2D eigenvalue weighted by Gasteiger charge is -2.26. The highest BCUT2D eigenvalue weighted by Crippen LogP contribution is 2.40. The van der Waals surface area contributed by atoms with E-state index in [0.717, 1.165) is 50.5 Å². The van der Waals surface area contributed by atoms with Crippen LogP contribution in [0.15, 0.2) is 241 Å². The van der Waals surface area contributed by atoms with Crippen molar-refractivity contribution in [1.82, 2.24) is 0 Å². The Bertz CT molecular complexity index is 3420. The minimum atomic E-state index is 0.872. The van der Waals surface area contributed by atoms with Gasteiger partial charge in [0.25, 0.3) is 0 Å². The van der Waals surface area contributed by atoms with E-state index in [1.54, 1.807) is 0 Å². The zero-order valence-electron chi connectivity index (χ0n) is 33.9. The lowest BCUT2D eigenvalue weighted by Crippen LogP contribution is -2.09. The van der Waals surface area contributed by atoms with Crippen LogP contribution in [0, 0.1) is 0 Å². The maximum Gasteiger partial charge on any atom is 0.135 e. The van der Waals surface area contributed by atoms with Gasteiger partial charge in [-0.2, -0.15) is 0 Å². The summed E-state index contributed by atoms with van der Waals surface area (Å²) in [6.45, 7) is 0. The number of hydrogen-bond acceptors (Lipinski definition) is 2. The molecule has 12 rings (SSSR count). The van der Waals surface area contributed by atoms with Crippen LogP contribution >= 0.6 is 0 Å². The van der Waals surface area contributed by atoms with Crippen molar-refractivity contribution in [1.29, 1.82) is 0 Å². The van der Waals surface area contributed by atoms with Gasteiger partial charge in [-0.1, -0.05) is 170 Å². The Morgan fingerprint density at radius 1 is 0.242 bits per heavy atom. The average Bonchev–Trinajstić information content (AvgIpc) is 3.79. The lowest BCUT2D eigenvalue weighted by atomic mass is 9.97. The zero-order chi connectivity index (χ0) is 41.0. The summed E-state index contributed by atoms with van der Waals surface area (Å²) in [5, 5.41) is 11.3. The quantitative estimate of drug-likeness (QED) is 0.150. The van der Waals surface area contributed by atoms with Crippen LogP contribution in [0.1, 0.15) is 0 Å². The van der Waals surface area contributed by atoms with E-state index in [2.05, 4.69) is 223 Å². The molecule has 290 valence electrons. The summed E-state index contributed by atoms with van der Waals surface area (Å²) in [6.07, 6.45) is 0. The van der Waals surface area contributed by atoms with E-state index < -0.39 is 0 Å². The molecule has 1 aromatic heterocycles. The average molecular weight is 790 g/mol. The molecule has 0 amide bonds. The third-order valence-corrected chi connectivity index (χ3v) is 12.4. The van der Waals surface area contributed by atoms with Gasteiger partial charge in [-0.3, -0.25) is 0 Å². The van der Waals surface area contributed by atoms with Crippen LogP contribution in [0.4, 0.5) is 17.1 Å². The normalized spacial score (nSPS) is 11.5. The highest BCUT2D eigenvalue weighted by molar-refractivity contribution is 6.09. The number of fused-ring (bicyclic) bond motifs is 7. The van der Waals surface area contributed by atoms with E-state index >= 15 is 0 Å². The van der Waals surface area contributed by atoms with Crippen LogP contribution in [0.3, 0.4) is 0 Å². The fraction of sp³-hybridized carbons (Fsp3) is 0. The lowest BCUT2D eigenvalue weighted by molar-refractivity contribution is 0.631. The van der Waals surface area contributed by atoms with Gasteiger partial charge in [0.2, 0.25) is 0 Å². The monoisotopic (exact) mass is 789 g/mol. The molecule has 0 saturated heterocycles. The summed E-state index contributed by atoms with van der Waals surface area (Å²) in [5.41, 5.74) is 12.3. The van der Waals surface area contributed by atoms with Crippen LogP contribution < -0.4 is 4.90 Å². The fourth-order valence-corrected chi connectivity index (χ4v) is 9.22. The van der Waals surface area contributed by atoms with Crippen molar-refractivity contribution in [2.75, 3.05) is 4.90 Å². The molecular weight excluding hydrogens is 751 g/mol. The van der Waals surface area contributed by atoms with Crippen molar-refractivity contribution >= 4 is 71.1 Å². The highest BCUT2D eigenvalue weighted by Gasteiger charge is 2.15. The van der Waals surface area contributed by atoms with Gasteiger partial charge in [0.15, 0.2) is 0 Å². The zero-order valence-corrected chi connectivity index (χ0v) is 33.9. The molecule has 0 atom stereocenters. The smallest absolute Gasteiger partial charge is 0.135 e. The number of rotatable bonds is 7. The maximum atomic E-state index is 6.23. The molecule has 2 nitrogen and oxygen atoms in total. The number of benzene rings is 11. The number of hydrogen-bond donors (Lipinski definition) is 0. The number of furan rings is 1. The van der Waals surface area contributed by atoms with E-state index in [0.29, 0.717) is 0 Å². The second-order valence-corrected chi connectivity index (χ2v) is 16.2. The van der Waals surface area contributed by atoms with E-state index in [9.17, 15) is 0 Å². The molecule has 11 aromatic carbocycles. The van der Waals surface area contributed by atoms with Gasteiger partial charge in [-0.05, 0) is 143 Å². The Labute approximate surface area is 360 Å². The van der Waals surface area contributed by atoms with Crippen LogP contribution in [-0.2, 0) is 0 Å². The summed E-state index contributed by atoms with van der Waals surface area (Å²) in [6, 6.07) is 85.5. The Balaban J connectivity index is 0.897. The van der Waals surface area contributed by atoms with Crippen molar-refractivity contribution in [3.05, 3.63) is 237 Å². The molecule has 0 bridgehead atoms. The molecule has 0 aliphatic carbocycles. The van der Waals surface area contributed by atoms with Crippen molar-refractivity contribution in [3.63, 3.8) is 0 Å². The van der Waals surface area contributed by atoms with Crippen LogP contribution in [0.25, 0.3) is 98.8 Å². The van der Waals surface area contributed by atoms with Crippen molar-refractivity contribution in [3.8, 4) is 44.7 Å². The molecule has 2 heteroatoms. The second kappa shape index (κ2) is 14.8. The highest BCUT2D eigenvalue weighted by atomic mass is 16.3. The molecule has 12 aromatic rings. The number of anilines is 3. The first-order valence-corrected chi connectivity index (χ1v) is 21.2. The second-order valence-electron chi connectivity index (χ2n) is 16.2. The third kappa shape index (κ3) is 6.38. The molecule has 0 fully saturated rings. The van der Waals surface area contributed by atoms with E-state index in [-0.39, 0.29) is 0 Å². The van der Waals surface area contributed by atoms with Gasteiger partial charge in [-0.25, -0.2) is 0 Å². The fourth-order valence-electron chi connectivity index (χ4n) is 9.22. The van der Waals surface area contributed by atoms with Gasteiger partial charge in [0.1, 0.15) is 11.3 Å². The Morgan fingerprint density at radius 2 is 0.645 bits per heavy atom. The Hall–Kier alpha value is -8.20. The molecule has 62 heavy (non-hydrogen) atoms. The maximum absolute atomic E-state index is 6.23. The van der Waals surface area contributed by atoms with Gasteiger partial charge in [0.05, 0.1) is 0 Å². The minimum Gasteiger partial charge on any atom is -0.456 e. The van der Waals surface area contributed by atoms with Gasteiger partial charge >= 0.3 is 0 Å². The molecule has 0 saturated carbocycles. The first-order valence-electron chi connectivity index (χ1n) is 21.2. The topological polar surface area (TPSA) is 16.4 Å². The molecule has 0 aliphatic heterocycles. The first kappa shape index (κ1) is 35.7. The van der Waals surface area contributed by atoms with Crippen LogP contribution in [-0.4, -0.2) is 0 Å². The van der Waals surface area contributed by atoms with Gasteiger partial charge in [-0.15, -0.1) is 0 Å². The van der Waals surface area contributed by atoms with Crippen molar-refractivity contribution in [2.24, 2.45) is 0 Å². The van der Waals surface area contributed by atoms with Crippen LogP contribution in [0.2, 0.25) is 0 Å². The summed E-state index contributed by atoms with van der Waals surface area (Å²) in [4.78, 5) is 2.35. The van der Waals surface area contributed by atoms with E-state index in [1.165, 1.54) is 65.3 Å². The van der Waals surface area contributed by atoms with E-state index in [1.807, 2.05) is 18.2 Å². The van der Waals surface area contributed by atoms with Gasteiger partial charge in [0, 0.05) is 28.0 Å². The first-order chi connectivity index (χ1) is 30.7. The minimum absolute atomic E-state index is 0.872. The summed E-state index contributed by atoms with van der Waals surface area (Å²) >= 11 is 0. The largest absolute Gasteiger partial charge is 0.456 e. The molecular formula is C60H39NO. The van der Waals surface area contributed by atoms with Crippen molar-refractivity contribution < 1.29 is 4.42 Å². The van der Waals surface area contributed by atoms with Gasteiger partial charge < -0.3 is 9.32 Å². The summed E-state index contributed by atoms with van der Waals surface area (Å²) in [5.74, 6) is 0.872. The molecule has 0 unspecified atom stereocenters. The van der Waals surface area contributed by atoms with E-state index in [4.69, 9.17) is 4.42 Å². The molecule has 0 spiro atoms.